The van der Waals surface area contributed by atoms with Crippen LogP contribution < -0.4 is 5.32 Å². The lowest BCUT2D eigenvalue weighted by Crippen LogP contribution is -2.24. The van der Waals surface area contributed by atoms with E-state index in [-0.39, 0.29) is 11.7 Å². The Kier molecular flexibility index (Phi) is 4.50. The van der Waals surface area contributed by atoms with E-state index in [0.717, 1.165) is 5.76 Å². The smallest absolute Gasteiger partial charge is 0.230 e. The Balaban J connectivity index is 1.56. The van der Waals surface area contributed by atoms with Crippen molar-refractivity contribution in [2.75, 3.05) is 5.75 Å². The van der Waals surface area contributed by atoms with Gasteiger partial charge in [-0.15, -0.1) is 10.2 Å². The van der Waals surface area contributed by atoms with Gasteiger partial charge in [0.2, 0.25) is 5.91 Å². The normalized spacial score (nSPS) is 10.5. The highest BCUT2D eigenvalue weighted by Gasteiger charge is 2.10. The first-order valence-corrected chi connectivity index (χ1v) is 7.55. The number of nitrogens with zero attached hydrogens (tertiary/aromatic N) is 4. The largest absolute Gasteiger partial charge is 0.467 e. The molecule has 3 rings (SSSR count). The fourth-order valence-electron chi connectivity index (χ4n) is 1.76. The molecule has 0 aliphatic heterocycles. The van der Waals surface area contributed by atoms with Crippen molar-refractivity contribution in [3.05, 3.63) is 54.9 Å². The van der Waals surface area contributed by atoms with Gasteiger partial charge in [-0.1, -0.05) is 17.8 Å². The highest BCUT2D eigenvalue weighted by molar-refractivity contribution is 7.99. The molecular formula is C14H13N5O2S. The monoisotopic (exact) mass is 315 g/mol. The molecule has 0 unspecified atom stereocenters. The minimum atomic E-state index is -0.100. The fraction of sp³-hybridized carbons (Fsp3) is 0.143. The van der Waals surface area contributed by atoms with Crippen molar-refractivity contribution in [2.24, 2.45) is 0 Å². The summed E-state index contributed by atoms with van der Waals surface area (Å²) in [5.41, 5.74) is 0. The first kappa shape index (κ1) is 14.3. The molecule has 1 amide bonds. The summed E-state index contributed by atoms with van der Waals surface area (Å²) in [7, 11) is 0. The summed E-state index contributed by atoms with van der Waals surface area (Å²) >= 11 is 1.30. The van der Waals surface area contributed by atoms with Crippen LogP contribution in [0.25, 0.3) is 5.82 Å². The van der Waals surface area contributed by atoms with Gasteiger partial charge >= 0.3 is 0 Å². The predicted molar refractivity (Wildman–Crippen MR) is 80.4 cm³/mol. The van der Waals surface area contributed by atoms with Gasteiger partial charge in [0.25, 0.3) is 0 Å². The molecule has 0 bridgehead atoms. The van der Waals surface area contributed by atoms with Gasteiger partial charge < -0.3 is 9.73 Å². The Morgan fingerprint density at radius 1 is 1.32 bits per heavy atom. The minimum Gasteiger partial charge on any atom is -0.467 e. The van der Waals surface area contributed by atoms with E-state index in [2.05, 4.69) is 20.5 Å². The highest BCUT2D eigenvalue weighted by Crippen LogP contribution is 2.17. The van der Waals surface area contributed by atoms with Crippen LogP contribution in [0.1, 0.15) is 5.76 Å². The number of carbonyl (C=O) groups excluding carboxylic acids is 1. The van der Waals surface area contributed by atoms with E-state index in [4.69, 9.17) is 4.42 Å². The van der Waals surface area contributed by atoms with Gasteiger partial charge in [-0.3, -0.25) is 9.36 Å². The summed E-state index contributed by atoms with van der Waals surface area (Å²) < 4.78 is 6.90. The number of aromatic nitrogens is 4. The van der Waals surface area contributed by atoms with Gasteiger partial charge in [0, 0.05) is 6.20 Å². The molecule has 0 fully saturated rings. The summed E-state index contributed by atoms with van der Waals surface area (Å²) in [4.78, 5) is 16.1. The quantitative estimate of drug-likeness (QED) is 0.696. The topological polar surface area (TPSA) is 85.8 Å². The molecule has 0 saturated carbocycles. The van der Waals surface area contributed by atoms with Crippen LogP contribution in [0.4, 0.5) is 0 Å². The van der Waals surface area contributed by atoms with Gasteiger partial charge in [-0.2, -0.15) is 0 Å². The van der Waals surface area contributed by atoms with Crippen LogP contribution in [-0.4, -0.2) is 31.4 Å². The number of amides is 1. The molecule has 3 aromatic heterocycles. The number of nitrogens with one attached hydrogen (secondary N) is 1. The number of furan rings is 1. The second-order valence-electron chi connectivity index (χ2n) is 4.32. The standard InChI is InChI=1S/C14H13N5O2S/c20-13(16-8-11-4-3-7-21-11)9-22-14-18-17-10-19(14)12-5-1-2-6-15-12/h1-7,10H,8-9H2,(H,16,20). The molecule has 0 saturated heterocycles. The molecule has 0 radical (unpaired) electrons. The first-order valence-electron chi connectivity index (χ1n) is 6.56. The first-order chi connectivity index (χ1) is 10.8. The molecule has 1 N–H and O–H groups in total. The van der Waals surface area contributed by atoms with Crippen LogP contribution in [0.5, 0.6) is 0 Å². The molecule has 0 atom stereocenters. The number of rotatable bonds is 6. The maximum atomic E-state index is 11.8. The Bertz CT molecular complexity index is 727. The Morgan fingerprint density at radius 3 is 3.05 bits per heavy atom. The summed E-state index contributed by atoms with van der Waals surface area (Å²) in [5.74, 6) is 1.57. The second kappa shape index (κ2) is 6.90. The molecule has 22 heavy (non-hydrogen) atoms. The summed E-state index contributed by atoms with van der Waals surface area (Å²) in [6.45, 7) is 0.374. The molecule has 0 aliphatic carbocycles. The molecule has 7 nitrogen and oxygen atoms in total. The van der Waals surface area contributed by atoms with Gasteiger partial charge in [-0.05, 0) is 24.3 Å². The molecule has 112 valence electrons. The van der Waals surface area contributed by atoms with Crippen molar-refractivity contribution in [1.29, 1.82) is 0 Å². The SMILES string of the molecule is O=C(CSc1nncn1-c1ccccn1)NCc1ccco1. The van der Waals surface area contributed by atoms with Gasteiger partial charge in [0.15, 0.2) is 5.16 Å². The number of thioether (sulfide) groups is 1. The van der Waals surface area contributed by atoms with Crippen molar-refractivity contribution in [3.63, 3.8) is 0 Å². The third kappa shape index (κ3) is 3.53. The van der Waals surface area contributed by atoms with Crippen LogP contribution in [0.2, 0.25) is 0 Å². The third-order valence-electron chi connectivity index (χ3n) is 2.78. The number of hydrogen-bond donors (Lipinski definition) is 1. The lowest BCUT2D eigenvalue weighted by Gasteiger charge is -2.05. The lowest BCUT2D eigenvalue weighted by atomic mass is 10.4. The highest BCUT2D eigenvalue weighted by atomic mass is 32.2. The van der Waals surface area contributed by atoms with E-state index in [1.807, 2.05) is 24.3 Å². The van der Waals surface area contributed by atoms with E-state index in [0.29, 0.717) is 17.5 Å². The van der Waals surface area contributed by atoms with E-state index in [1.165, 1.54) is 11.8 Å². The Morgan fingerprint density at radius 2 is 2.27 bits per heavy atom. The predicted octanol–water partition coefficient (Wildman–Crippen LogP) is 1.66. The maximum absolute atomic E-state index is 11.8. The molecule has 8 heteroatoms. The summed E-state index contributed by atoms with van der Waals surface area (Å²) in [5, 5.41) is 11.3. The average Bonchev–Trinajstić information content (AvgIpc) is 3.23. The molecule has 3 aromatic rings. The molecular weight excluding hydrogens is 302 g/mol. The average molecular weight is 315 g/mol. The number of hydrogen-bond acceptors (Lipinski definition) is 6. The van der Waals surface area contributed by atoms with E-state index in [1.54, 1.807) is 29.4 Å². The van der Waals surface area contributed by atoms with Crippen molar-refractivity contribution in [1.82, 2.24) is 25.1 Å². The summed E-state index contributed by atoms with van der Waals surface area (Å²) in [6.07, 6.45) is 4.84. The van der Waals surface area contributed by atoms with Gasteiger partial charge in [-0.25, -0.2) is 4.98 Å². The molecule has 0 aromatic carbocycles. The van der Waals surface area contributed by atoms with Crippen molar-refractivity contribution >= 4 is 17.7 Å². The molecule has 0 aliphatic rings. The Labute approximate surface area is 130 Å². The zero-order valence-electron chi connectivity index (χ0n) is 11.5. The van der Waals surface area contributed by atoms with E-state index < -0.39 is 0 Å². The van der Waals surface area contributed by atoms with Crippen molar-refractivity contribution in [2.45, 2.75) is 11.7 Å². The zero-order chi connectivity index (χ0) is 15.2. The summed E-state index contributed by atoms with van der Waals surface area (Å²) in [6, 6.07) is 9.16. The zero-order valence-corrected chi connectivity index (χ0v) is 12.4. The number of pyridine rings is 1. The van der Waals surface area contributed by atoms with Crippen LogP contribution in [0.3, 0.4) is 0 Å². The van der Waals surface area contributed by atoms with Crippen molar-refractivity contribution in [3.8, 4) is 5.82 Å². The van der Waals surface area contributed by atoms with Gasteiger partial charge in [0.1, 0.15) is 17.9 Å². The number of carbonyl (C=O) groups is 1. The lowest BCUT2D eigenvalue weighted by molar-refractivity contribution is -0.118. The molecule has 0 spiro atoms. The minimum absolute atomic E-state index is 0.100. The van der Waals surface area contributed by atoms with Crippen LogP contribution in [-0.2, 0) is 11.3 Å². The van der Waals surface area contributed by atoms with Crippen LogP contribution in [0.15, 0.2) is 58.7 Å². The third-order valence-corrected chi connectivity index (χ3v) is 3.73. The Hall–Kier alpha value is -2.61. The van der Waals surface area contributed by atoms with Crippen molar-refractivity contribution < 1.29 is 9.21 Å². The second-order valence-corrected chi connectivity index (χ2v) is 5.26. The van der Waals surface area contributed by atoms with E-state index in [9.17, 15) is 4.79 Å². The van der Waals surface area contributed by atoms with Crippen LogP contribution >= 0.6 is 11.8 Å². The maximum Gasteiger partial charge on any atom is 0.230 e. The molecule has 3 heterocycles. The van der Waals surface area contributed by atoms with Crippen LogP contribution in [0, 0.1) is 0 Å². The fourth-order valence-corrected chi connectivity index (χ4v) is 2.50. The van der Waals surface area contributed by atoms with E-state index >= 15 is 0 Å². The van der Waals surface area contributed by atoms with Gasteiger partial charge in [0.05, 0.1) is 18.6 Å².